The predicted octanol–water partition coefficient (Wildman–Crippen LogP) is 3.44. The molecular formula is C26H42ClN6O9PS. The predicted molar refractivity (Wildman–Crippen MR) is 165 cm³/mol. The zero-order valence-corrected chi connectivity index (χ0v) is 28.4. The van der Waals surface area contributed by atoms with Gasteiger partial charge in [-0.15, -0.1) is 11.6 Å². The van der Waals surface area contributed by atoms with Gasteiger partial charge in [-0.25, -0.2) is 14.6 Å². The molecule has 3 rings (SSSR count). The van der Waals surface area contributed by atoms with Crippen molar-refractivity contribution in [1.29, 1.82) is 0 Å². The highest BCUT2D eigenvalue weighted by atomic mass is 35.5. The molecule has 1 aliphatic heterocycles. The fourth-order valence-corrected chi connectivity index (χ4v) is 6.91. The summed E-state index contributed by atoms with van der Waals surface area (Å²) in [4.78, 5) is 36.6. The Bertz CT molecular complexity index is 1360. The Hall–Kier alpha value is -2.04. The maximum atomic E-state index is 13.8. The van der Waals surface area contributed by atoms with Crippen LogP contribution in [-0.2, 0) is 32.7 Å². The minimum absolute atomic E-state index is 0.00841. The smallest absolute Gasteiger partial charge is 0.406 e. The number of nitrogens with one attached hydrogen (secondary N) is 1. The van der Waals surface area contributed by atoms with Crippen molar-refractivity contribution in [2.45, 2.75) is 84.2 Å². The number of nitrogens with zero attached hydrogens (tertiary/aromatic N) is 4. The van der Waals surface area contributed by atoms with Crippen molar-refractivity contribution < 1.29 is 42.5 Å². The lowest BCUT2D eigenvalue weighted by Gasteiger charge is -2.25. The van der Waals surface area contributed by atoms with Crippen molar-refractivity contribution >= 4 is 59.3 Å². The monoisotopic (exact) mass is 680 g/mol. The summed E-state index contributed by atoms with van der Waals surface area (Å²) in [6.45, 7) is 11.3. The molecule has 4 N–H and O–H groups in total. The summed E-state index contributed by atoms with van der Waals surface area (Å²) in [7, 11) is -4.14. The first-order valence-electron chi connectivity index (χ1n) is 14.1. The molecule has 0 unspecified atom stereocenters. The Morgan fingerprint density at radius 1 is 1.34 bits per heavy atom. The number of halogens is 1. The van der Waals surface area contributed by atoms with Crippen molar-refractivity contribution in [3.05, 3.63) is 6.33 Å². The third-order valence-electron chi connectivity index (χ3n) is 6.42. The average Bonchev–Trinajstić information content (AvgIpc) is 3.48. The second-order valence-corrected chi connectivity index (χ2v) is 15.1. The van der Waals surface area contributed by atoms with Gasteiger partial charge in [0.2, 0.25) is 11.8 Å². The molecule has 2 aromatic heterocycles. The van der Waals surface area contributed by atoms with Crippen LogP contribution in [0.1, 0.15) is 61.1 Å². The summed E-state index contributed by atoms with van der Waals surface area (Å²) in [5, 5.41) is 11.8. The summed E-state index contributed by atoms with van der Waals surface area (Å²) in [5.74, 6) is -0.290. The normalized spacial score (nSPS) is 22.7. The number of carbonyl (C=O) groups excluding carboxylic acids is 2. The number of carbonyl (C=O) groups is 2. The number of rotatable bonds is 16. The standard InChI is InChI=1S/C26H42ClN6O9PS/c1-8-38-20-18-19(30-24(28)31-20)33(14-29-18)22-26(7,27)11-17(42-22)12-40-43(37,32-16(4)21(35)41-15(2)3)39-9-10-44-23(36)25(5,6)13-34/h14-17,22,34H,8-13H2,1-7H3,(H,32,37)(H2,28,30,31)/t16-,17+,22-,26-,43-/m1/s1. The Balaban J connectivity index is 1.73. The third kappa shape index (κ3) is 9.25. The van der Waals surface area contributed by atoms with E-state index in [0.717, 1.165) is 11.8 Å². The first kappa shape index (κ1) is 36.4. The Labute approximate surface area is 265 Å². The van der Waals surface area contributed by atoms with E-state index in [1.165, 1.54) is 13.3 Å². The molecule has 1 aliphatic rings. The van der Waals surface area contributed by atoms with Crippen LogP contribution in [-0.4, -0.2) is 91.0 Å². The van der Waals surface area contributed by atoms with Crippen LogP contribution in [0.3, 0.4) is 0 Å². The number of aliphatic hydroxyl groups is 1. The van der Waals surface area contributed by atoms with Crippen LogP contribution >= 0.6 is 31.1 Å². The summed E-state index contributed by atoms with van der Waals surface area (Å²) in [6.07, 6.45) is -0.0196. The lowest BCUT2D eigenvalue weighted by molar-refractivity contribution is -0.149. The maximum absolute atomic E-state index is 13.8. The number of nitrogen functional groups attached to an aromatic ring is 1. The molecule has 1 fully saturated rings. The van der Waals surface area contributed by atoms with Gasteiger partial charge in [-0.1, -0.05) is 11.8 Å². The van der Waals surface area contributed by atoms with Gasteiger partial charge in [-0.3, -0.25) is 23.2 Å². The molecule has 0 radical (unpaired) electrons. The number of aliphatic hydroxyl groups excluding tert-OH is 1. The molecule has 2 aromatic rings. The largest absolute Gasteiger partial charge is 0.476 e. The molecule has 1 saturated heterocycles. The molecule has 18 heteroatoms. The number of hydrogen-bond acceptors (Lipinski definition) is 14. The van der Waals surface area contributed by atoms with Crippen LogP contribution < -0.4 is 15.6 Å². The molecule has 0 bridgehead atoms. The number of esters is 1. The number of imidazole rings is 1. The molecule has 44 heavy (non-hydrogen) atoms. The molecular weight excluding hydrogens is 639 g/mol. The van der Waals surface area contributed by atoms with E-state index < -0.39 is 42.4 Å². The van der Waals surface area contributed by atoms with E-state index in [-0.39, 0.29) is 55.0 Å². The SMILES string of the molecule is CCOc1nc(N)nc2c1ncn2[C@@H]1O[C@H](CO[P@@](=O)(N[C@H](C)C(=O)OC(C)C)OCCSC(=O)C(C)(C)CO)C[C@@]1(C)Cl. The summed E-state index contributed by atoms with van der Waals surface area (Å²) >= 11 is 7.83. The van der Waals surface area contributed by atoms with E-state index in [1.807, 2.05) is 6.92 Å². The molecule has 5 atom stereocenters. The fraction of sp³-hybridized carbons (Fsp3) is 0.731. The molecule has 3 heterocycles. The van der Waals surface area contributed by atoms with E-state index in [2.05, 4.69) is 20.0 Å². The van der Waals surface area contributed by atoms with Crippen LogP contribution in [0.2, 0.25) is 0 Å². The van der Waals surface area contributed by atoms with Gasteiger partial charge in [-0.05, 0) is 54.9 Å². The highest BCUT2D eigenvalue weighted by molar-refractivity contribution is 8.13. The van der Waals surface area contributed by atoms with Gasteiger partial charge in [0, 0.05) is 5.75 Å². The van der Waals surface area contributed by atoms with Crippen LogP contribution in [0.4, 0.5) is 5.95 Å². The first-order valence-corrected chi connectivity index (χ1v) is 17.0. The number of hydrogen-bond donors (Lipinski definition) is 3. The quantitative estimate of drug-likeness (QED) is 0.101. The van der Waals surface area contributed by atoms with Gasteiger partial charge in [0.15, 0.2) is 22.5 Å². The van der Waals surface area contributed by atoms with E-state index in [1.54, 1.807) is 39.2 Å². The number of alkyl halides is 1. The van der Waals surface area contributed by atoms with Gasteiger partial charge in [0.1, 0.15) is 6.04 Å². The number of fused-ring (bicyclic) bond motifs is 1. The Kier molecular flexibility index (Phi) is 12.4. The van der Waals surface area contributed by atoms with Gasteiger partial charge >= 0.3 is 13.7 Å². The lowest BCUT2D eigenvalue weighted by Crippen LogP contribution is -2.36. The second kappa shape index (κ2) is 15.0. The van der Waals surface area contributed by atoms with E-state index in [9.17, 15) is 19.3 Å². The van der Waals surface area contributed by atoms with Crippen molar-refractivity contribution in [3.63, 3.8) is 0 Å². The molecule has 0 saturated carbocycles. The number of thioether (sulfide) groups is 1. The molecule has 248 valence electrons. The Morgan fingerprint density at radius 2 is 2.05 bits per heavy atom. The summed E-state index contributed by atoms with van der Waals surface area (Å²) in [5.41, 5.74) is 5.72. The fourth-order valence-electron chi connectivity index (χ4n) is 4.16. The zero-order chi connectivity index (χ0) is 32.9. The molecule has 0 spiro atoms. The topological polar surface area (TPSA) is 199 Å². The van der Waals surface area contributed by atoms with E-state index in [0.29, 0.717) is 17.8 Å². The summed E-state index contributed by atoms with van der Waals surface area (Å²) < 4.78 is 43.8. The van der Waals surface area contributed by atoms with Gasteiger partial charge < -0.3 is 25.1 Å². The van der Waals surface area contributed by atoms with Crippen LogP contribution in [0.5, 0.6) is 5.88 Å². The average molecular weight is 681 g/mol. The van der Waals surface area contributed by atoms with Gasteiger partial charge in [-0.2, -0.15) is 9.97 Å². The van der Waals surface area contributed by atoms with Crippen LogP contribution in [0.25, 0.3) is 11.2 Å². The van der Waals surface area contributed by atoms with Crippen molar-refractivity contribution in [2.24, 2.45) is 5.41 Å². The van der Waals surface area contributed by atoms with Crippen molar-refractivity contribution in [3.8, 4) is 5.88 Å². The molecule has 15 nitrogen and oxygen atoms in total. The van der Waals surface area contributed by atoms with E-state index >= 15 is 0 Å². The van der Waals surface area contributed by atoms with Crippen LogP contribution in [0, 0.1) is 5.41 Å². The maximum Gasteiger partial charge on any atom is 0.406 e. The van der Waals surface area contributed by atoms with Gasteiger partial charge in [0.25, 0.3) is 0 Å². The number of ether oxygens (including phenoxy) is 3. The van der Waals surface area contributed by atoms with Crippen molar-refractivity contribution in [2.75, 3.05) is 37.9 Å². The number of aromatic nitrogens is 4. The zero-order valence-electron chi connectivity index (χ0n) is 25.9. The summed E-state index contributed by atoms with van der Waals surface area (Å²) in [6, 6.07) is -1.04. The van der Waals surface area contributed by atoms with Crippen LogP contribution in [0.15, 0.2) is 6.33 Å². The molecule has 0 amide bonds. The highest BCUT2D eigenvalue weighted by Crippen LogP contribution is 2.48. The lowest BCUT2D eigenvalue weighted by atomic mass is 9.97. The second-order valence-electron chi connectivity index (χ2n) is 11.4. The molecule has 0 aliphatic carbocycles. The minimum Gasteiger partial charge on any atom is -0.476 e. The highest BCUT2D eigenvalue weighted by Gasteiger charge is 2.47. The van der Waals surface area contributed by atoms with E-state index in [4.69, 9.17) is 40.6 Å². The number of anilines is 1. The van der Waals surface area contributed by atoms with Gasteiger partial charge in [0.05, 0.1) is 55.3 Å². The first-order chi connectivity index (χ1) is 20.5. The molecule has 0 aromatic carbocycles. The third-order valence-corrected chi connectivity index (χ3v) is 9.66. The Morgan fingerprint density at radius 3 is 2.68 bits per heavy atom. The van der Waals surface area contributed by atoms with Crippen molar-refractivity contribution in [1.82, 2.24) is 24.6 Å². The minimum atomic E-state index is -4.14. The number of nitrogens with two attached hydrogens (primary N) is 1.